The predicted octanol–water partition coefficient (Wildman–Crippen LogP) is 4.93. The zero-order valence-corrected chi connectivity index (χ0v) is 16.0. The lowest BCUT2D eigenvalue weighted by atomic mass is 10.0. The molecule has 0 unspecified atom stereocenters. The number of aliphatic hydroxyl groups is 1. The van der Waals surface area contributed by atoms with Crippen LogP contribution in [0.5, 0.6) is 0 Å². The summed E-state index contributed by atoms with van der Waals surface area (Å²) >= 11 is 1.41. The molecule has 4 aromatic rings. The van der Waals surface area contributed by atoms with Crippen LogP contribution >= 0.6 is 11.5 Å². The predicted molar refractivity (Wildman–Crippen MR) is 114 cm³/mol. The van der Waals surface area contributed by atoms with E-state index in [1.165, 1.54) is 17.6 Å². The highest BCUT2D eigenvalue weighted by Crippen LogP contribution is 2.36. The van der Waals surface area contributed by atoms with Crippen LogP contribution in [0.1, 0.15) is 5.56 Å². The molecule has 3 N–H and O–H groups in total. The van der Waals surface area contributed by atoms with Crippen molar-refractivity contribution in [1.82, 2.24) is 9.69 Å². The van der Waals surface area contributed by atoms with Crippen LogP contribution in [0.15, 0.2) is 66.7 Å². The minimum atomic E-state index is -0.330. The van der Waals surface area contributed by atoms with E-state index in [9.17, 15) is 4.39 Å². The monoisotopic (exact) mass is 393 g/mol. The number of nitrogens with zero attached hydrogens (tertiary/aromatic N) is 1. The van der Waals surface area contributed by atoms with Gasteiger partial charge < -0.3 is 15.7 Å². The van der Waals surface area contributed by atoms with E-state index in [1.807, 2.05) is 36.4 Å². The SMILES string of the molecule is OCCNCc1ccc(Nc2nsc3c(-c4ccccc4)cccc23)c(F)c1. The smallest absolute Gasteiger partial charge is 0.152 e. The number of rotatable bonds is 7. The van der Waals surface area contributed by atoms with Gasteiger partial charge in [-0.2, -0.15) is 4.37 Å². The van der Waals surface area contributed by atoms with E-state index >= 15 is 0 Å². The fraction of sp³-hybridized carbons (Fsp3) is 0.136. The number of fused-ring (bicyclic) bond motifs is 1. The second-order valence-corrected chi connectivity index (χ2v) is 7.19. The minimum absolute atomic E-state index is 0.0595. The minimum Gasteiger partial charge on any atom is -0.395 e. The molecule has 1 heterocycles. The van der Waals surface area contributed by atoms with Gasteiger partial charge in [0.15, 0.2) is 5.82 Å². The molecule has 0 bridgehead atoms. The van der Waals surface area contributed by atoms with Crippen LogP contribution < -0.4 is 10.6 Å². The van der Waals surface area contributed by atoms with Crippen molar-refractivity contribution in [2.45, 2.75) is 6.54 Å². The molecule has 0 saturated carbocycles. The molecule has 0 fully saturated rings. The number of anilines is 2. The van der Waals surface area contributed by atoms with Gasteiger partial charge in [-0.3, -0.25) is 0 Å². The Morgan fingerprint density at radius 1 is 1.00 bits per heavy atom. The summed E-state index contributed by atoms with van der Waals surface area (Å²) in [6, 6.07) is 21.3. The summed E-state index contributed by atoms with van der Waals surface area (Å²) in [7, 11) is 0. The summed E-state index contributed by atoms with van der Waals surface area (Å²) in [6.07, 6.45) is 0. The molecule has 0 radical (unpaired) electrons. The zero-order valence-electron chi connectivity index (χ0n) is 15.2. The molecule has 0 aliphatic rings. The molecule has 4 rings (SSSR count). The van der Waals surface area contributed by atoms with Crippen molar-refractivity contribution in [2.75, 3.05) is 18.5 Å². The molecule has 0 aliphatic carbocycles. The van der Waals surface area contributed by atoms with Gasteiger partial charge in [-0.1, -0.05) is 48.5 Å². The quantitative estimate of drug-likeness (QED) is 0.390. The van der Waals surface area contributed by atoms with Crippen molar-refractivity contribution in [2.24, 2.45) is 0 Å². The molecule has 0 atom stereocenters. The molecule has 0 spiro atoms. The van der Waals surface area contributed by atoms with Crippen LogP contribution in [0.4, 0.5) is 15.9 Å². The van der Waals surface area contributed by atoms with Crippen LogP contribution in [0.3, 0.4) is 0 Å². The van der Waals surface area contributed by atoms with E-state index in [1.54, 1.807) is 6.07 Å². The van der Waals surface area contributed by atoms with Gasteiger partial charge in [-0.05, 0) is 40.9 Å². The number of nitrogens with one attached hydrogen (secondary N) is 2. The van der Waals surface area contributed by atoms with E-state index < -0.39 is 0 Å². The summed E-state index contributed by atoms with van der Waals surface area (Å²) in [5, 5.41) is 16.0. The van der Waals surface area contributed by atoms with Gasteiger partial charge >= 0.3 is 0 Å². The van der Waals surface area contributed by atoms with Crippen molar-refractivity contribution < 1.29 is 9.50 Å². The number of aliphatic hydroxyl groups excluding tert-OH is 1. The van der Waals surface area contributed by atoms with Gasteiger partial charge in [0, 0.05) is 24.0 Å². The first kappa shape index (κ1) is 18.6. The first-order chi connectivity index (χ1) is 13.8. The van der Waals surface area contributed by atoms with E-state index in [0.29, 0.717) is 24.6 Å². The third kappa shape index (κ3) is 3.89. The third-order valence-electron chi connectivity index (χ3n) is 4.49. The van der Waals surface area contributed by atoms with Crippen molar-refractivity contribution in [1.29, 1.82) is 0 Å². The van der Waals surface area contributed by atoms with Crippen LogP contribution in [0.25, 0.3) is 21.2 Å². The van der Waals surface area contributed by atoms with Gasteiger partial charge in [0.05, 0.1) is 17.0 Å². The van der Waals surface area contributed by atoms with Crippen molar-refractivity contribution >= 4 is 33.1 Å². The first-order valence-electron chi connectivity index (χ1n) is 9.07. The third-order valence-corrected chi connectivity index (χ3v) is 5.38. The Morgan fingerprint density at radius 3 is 2.64 bits per heavy atom. The molecule has 6 heteroatoms. The molecule has 0 saturated heterocycles. The summed E-state index contributed by atoms with van der Waals surface area (Å²) < 4.78 is 20.1. The fourth-order valence-corrected chi connectivity index (χ4v) is 3.98. The molecule has 0 amide bonds. The van der Waals surface area contributed by atoms with Crippen molar-refractivity contribution in [3.05, 3.63) is 78.1 Å². The maximum absolute atomic E-state index is 14.5. The van der Waals surface area contributed by atoms with Crippen LogP contribution in [0, 0.1) is 5.82 Å². The lowest BCUT2D eigenvalue weighted by molar-refractivity contribution is 0.292. The highest BCUT2D eigenvalue weighted by atomic mass is 32.1. The number of hydrogen-bond acceptors (Lipinski definition) is 5. The number of benzene rings is 3. The van der Waals surface area contributed by atoms with Gasteiger partial charge in [0.2, 0.25) is 0 Å². The molecule has 4 nitrogen and oxygen atoms in total. The topological polar surface area (TPSA) is 57.2 Å². The molecular weight excluding hydrogens is 373 g/mol. The summed E-state index contributed by atoms with van der Waals surface area (Å²) in [5.41, 5.74) is 3.47. The average Bonchev–Trinajstić information content (AvgIpc) is 3.14. The van der Waals surface area contributed by atoms with E-state index in [4.69, 9.17) is 5.11 Å². The normalized spacial score (nSPS) is 11.1. The fourth-order valence-electron chi connectivity index (χ4n) is 3.11. The maximum Gasteiger partial charge on any atom is 0.152 e. The van der Waals surface area contributed by atoms with Crippen LogP contribution in [-0.2, 0) is 6.54 Å². The van der Waals surface area contributed by atoms with Crippen molar-refractivity contribution in [3.8, 4) is 11.1 Å². The Morgan fingerprint density at radius 2 is 1.86 bits per heavy atom. The molecule has 1 aromatic heterocycles. The van der Waals surface area contributed by atoms with Gasteiger partial charge in [0.25, 0.3) is 0 Å². The van der Waals surface area contributed by atoms with E-state index in [0.717, 1.165) is 26.8 Å². The molecular formula is C22H20FN3OS. The second-order valence-electron chi connectivity index (χ2n) is 6.42. The molecule has 3 aromatic carbocycles. The molecule has 28 heavy (non-hydrogen) atoms. The van der Waals surface area contributed by atoms with E-state index in [2.05, 4.69) is 33.2 Å². The highest BCUT2D eigenvalue weighted by Gasteiger charge is 2.13. The summed E-state index contributed by atoms with van der Waals surface area (Å²) in [5.74, 6) is 0.325. The van der Waals surface area contributed by atoms with Gasteiger partial charge in [-0.15, -0.1) is 0 Å². The largest absolute Gasteiger partial charge is 0.395 e. The Kier molecular flexibility index (Phi) is 5.62. The van der Waals surface area contributed by atoms with Gasteiger partial charge in [0.1, 0.15) is 5.82 Å². The zero-order chi connectivity index (χ0) is 19.3. The Bertz CT molecular complexity index is 1080. The maximum atomic E-state index is 14.5. The van der Waals surface area contributed by atoms with E-state index in [-0.39, 0.29) is 12.4 Å². The first-order valence-corrected chi connectivity index (χ1v) is 9.84. The Labute approximate surface area is 166 Å². The van der Waals surface area contributed by atoms with Gasteiger partial charge in [-0.25, -0.2) is 4.39 Å². The standard InChI is InChI=1S/C22H20FN3OS/c23-19-13-15(14-24-11-12-27)9-10-20(19)25-22-18-8-4-7-17(21(18)28-26-22)16-5-2-1-3-6-16/h1-10,13,24,27H,11-12,14H2,(H,25,26). The highest BCUT2D eigenvalue weighted by molar-refractivity contribution is 7.14. The average molecular weight is 393 g/mol. The Hall–Kier alpha value is -2.80. The molecule has 142 valence electrons. The summed E-state index contributed by atoms with van der Waals surface area (Å²) in [6.45, 7) is 1.05. The van der Waals surface area contributed by atoms with Crippen molar-refractivity contribution in [3.63, 3.8) is 0 Å². The number of halogens is 1. The lowest BCUT2D eigenvalue weighted by Crippen LogP contribution is -2.17. The van der Waals surface area contributed by atoms with Crippen LogP contribution in [-0.4, -0.2) is 22.6 Å². The number of hydrogen-bond donors (Lipinski definition) is 3. The lowest BCUT2D eigenvalue weighted by Gasteiger charge is -2.09. The second kappa shape index (κ2) is 8.48. The summed E-state index contributed by atoms with van der Waals surface area (Å²) in [4.78, 5) is 0. The Balaban J connectivity index is 1.61. The number of aromatic nitrogens is 1. The molecule has 0 aliphatic heterocycles. The van der Waals surface area contributed by atoms with Crippen LogP contribution in [0.2, 0.25) is 0 Å².